The molecule has 0 atom stereocenters. The summed E-state index contributed by atoms with van der Waals surface area (Å²) in [5.41, 5.74) is 8.72. The van der Waals surface area contributed by atoms with Gasteiger partial charge in [0.15, 0.2) is 0 Å². The molecule has 0 bridgehead atoms. The van der Waals surface area contributed by atoms with Gasteiger partial charge >= 0.3 is 5.97 Å². The first-order chi connectivity index (χ1) is 8.69. The molecule has 0 aromatic heterocycles. The van der Waals surface area contributed by atoms with E-state index < -0.39 is 5.97 Å². The van der Waals surface area contributed by atoms with E-state index in [9.17, 15) is 9.90 Å². The standard InChI is InChI=1S/C12H11N3O3/c1-18-12(17)10-6-5-9(11(16)8-10)4-2-3-7-14-15-13/h5-6,8,16H,3,7H2,1H3. The first-order valence-electron chi connectivity index (χ1n) is 5.10. The summed E-state index contributed by atoms with van der Waals surface area (Å²) in [6, 6.07) is 4.34. The van der Waals surface area contributed by atoms with Crippen molar-refractivity contribution in [3.05, 3.63) is 39.8 Å². The predicted octanol–water partition coefficient (Wildman–Crippen LogP) is 2.23. The van der Waals surface area contributed by atoms with Gasteiger partial charge in [-0.2, -0.15) is 0 Å². The average Bonchev–Trinajstić information content (AvgIpc) is 2.39. The molecule has 0 unspecified atom stereocenters. The van der Waals surface area contributed by atoms with Crippen molar-refractivity contribution in [3.63, 3.8) is 0 Å². The Morgan fingerprint density at radius 1 is 1.61 bits per heavy atom. The quantitative estimate of drug-likeness (QED) is 0.221. The molecule has 0 aliphatic heterocycles. The van der Waals surface area contributed by atoms with Crippen LogP contribution < -0.4 is 0 Å². The zero-order chi connectivity index (χ0) is 13.4. The summed E-state index contributed by atoms with van der Waals surface area (Å²) in [5.74, 6) is 4.86. The van der Waals surface area contributed by atoms with Crippen molar-refractivity contribution in [1.82, 2.24) is 0 Å². The van der Waals surface area contributed by atoms with Gasteiger partial charge in [0.05, 0.1) is 18.2 Å². The van der Waals surface area contributed by atoms with Crippen molar-refractivity contribution in [3.8, 4) is 17.6 Å². The number of aromatic hydroxyl groups is 1. The Bertz CT molecular complexity index is 551. The van der Waals surface area contributed by atoms with Crippen LogP contribution in [0.4, 0.5) is 0 Å². The van der Waals surface area contributed by atoms with E-state index in [2.05, 4.69) is 26.6 Å². The van der Waals surface area contributed by atoms with E-state index in [0.717, 1.165) is 0 Å². The fourth-order valence-corrected chi connectivity index (χ4v) is 1.19. The van der Waals surface area contributed by atoms with Gasteiger partial charge in [0.1, 0.15) is 5.75 Å². The molecule has 92 valence electrons. The third-order valence-electron chi connectivity index (χ3n) is 2.04. The summed E-state index contributed by atoms with van der Waals surface area (Å²) in [7, 11) is 1.27. The van der Waals surface area contributed by atoms with Gasteiger partial charge in [-0.1, -0.05) is 17.0 Å². The number of phenolic OH excluding ortho intramolecular Hbond substituents is 1. The highest BCUT2D eigenvalue weighted by molar-refractivity contribution is 5.90. The molecule has 0 heterocycles. The first kappa shape index (κ1) is 13.4. The molecule has 1 rings (SSSR count). The summed E-state index contributed by atoms with van der Waals surface area (Å²) in [6.07, 6.45) is 0.405. The molecule has 6 nitrogen and oxygen atoms in total. The second-order valence-corrected chi connectivity index (χ2v) is 3.23. The minimum Gasteiger partial charge on any atom is -0.507 e. The molecule has 6 heteroatoms. The molecule has 18 heavy (non-hydrogen) atoms. The van der Waals surface area contributed by atoms with Crippen LogP contribution in [0.5, 0.6) is 5.75 Å². The fourth-order valence-electron chi connectivity index (χ4n) is 1.19. The van der Waals surface area contributed by atoms with Gasteiger partial charge in [0, 0.05) is 17.9 Å². The van der Waals surface area contributed by atoms with Crippen LogP contribution in [-0.4, -0.2) is 24.7 Å². The van der Waals surface area contributed by atoms with Crippen LogP contribution >= 0.6 is 0 Å². The van der Waals surface area contributed by atoms with Crippen molar-refractivity contribution in [2.45, 2.75) is 6.42 Å². The second kappa shape index (κ2) is 6.84. The molecule has 0 radical (unpaired) electrons. The Morgan fingerprint density at radius 2 is 2.39 bits per heavy atom. The minimum atomic E-state index is -0.520. The Morgan fingerprint density at radius 3 is 3.00 bits per heavy atom. The Hall–Kier alpha value is -2.64. The summed E-state index contributed by atoms with van der Waals surface area (Å²) in [6.45, 7) is 0.282. The lowest BCUT2D eigenvalue weighted by Gasteiger charge is -2.01. The summed E-state index contributed by atoms with van der Waals surface area (Å²) in [4.78, 5) is 13.8. The van der Waals surface area contributed by atoms with Gasteiger partial charge in [-0.3, -0.25) is 0 Å². The molecule has 0 spiro atoms. The van der Waals surface area contributed by atoms with Gasteiger partial charge in [-0.15, -0.1) is 0 Å². The lowest BCUT2D eigenvalue weighted by molar-refractivity contribution is 0.0600. The summed E-state index contributed by atoms with van der Waals surface area (Å²) >= 11 is 0. The minimum absolute atomic E-state index is 0.0887. The Labute approximate surface area is 104 Å². The molecule has 0 amide bonds. The van der Waals surface area contributed by atoms with Crippen molar-refractivity contribution in [1.29, 1.82) is 0 Å². The average molecular weight is 245 g/mol. The Kier molecular flexibility index (Phi) is 5.10. The monoisotopic (exact) mass is 245 g/mol. The highest BCUT2D eigenvalue weighted by Gasteiger charge is 2.07. The van der Waals surface area contributed by atoms with Crippen LogP contribution in [0.25, 0.3) is 10.4 Å². The second-order valence-electron chi connectivity index (χ2n) is 3.23. The predicted molar refractivity (Wildman–Crippen MR) is 65.0 cm³/mol. The maximum absolute atomic E-state index is 11.2. The maximum Gasteiger partial charge on any atom is 0.337 e. The van der Waals surface area contributed by atoms with Crippen molar-refractivity contribution in [2.24, 2.45) is 5.11 Å². The largest absolute Gasteiger partial charge is 0.507 e. The van der Waals surface area contributed by atoms with Gasteiger partial charge in [-0.25, -0.2) is 4.79 Å². The number of methoxy groups -OCH3 is 1. The number of nitrogens with zero attached hydrogens (tertiary/aromatic N) is 3. The van der Waals surface area contributed by atoms with E-state index in [1.54, 1.807) is 0 Å². The van der Waals surface area contributed by atoms with Crippen LogP contribution in [0, 0.1) is 11.8 Å². The molecule has 0 aliphatic carbocycles. The van der Waals surface area contributed by atoms with Gasteiger partial charge in [0.2, 0.25) is 0 Å². The number of carbonyl (C=O) groups is 1. The van der Waals surface area contributed by atoms with E-state index in [1.807, 2.05) is 0 Å². The lowest BCUT2D eigenvalue weighted by Crippen LogP contribution is -2.00. The van der Waals surface area contributed by atoms with Crippen LogP contribution in [0.3, 0.4) is 0 Å². The number of carbonyl (C=O) groups excluding carboxylic acids is 1. The number of esters is 1. The third kappa shape index (κ3) is 3.74. The molecule has 1 N–H and O–H groups in total. The van der Waals surface area contributed by atoms with Crippen molar-refractivity contribution < 1.29 is 14.6 Å². The summed E-state index contributed by atoms with van der Waals surface area (Å²) < 4.78 is 4.52. The molecular weight excluding hydrogens is 234 g/mol. The van der Waals surface area contributed by atoms with Gasteiger partial charge in [0.25, 0.3) is 0 Å². The topological polar surface area (TPSA) is 95.3 Å². The van der Waals surface area contributed by atoms with E-state index in [-0.39, 0.29) is 17.9 Å². The van der Waals surface area contributed by atoms with Crippen molar-refractivity contribution >= 4 is 5.97 Å². The summed E-state index contributed by atoms with van der Waals surface area (Å²) in [5, 5.41) is 13.0. The van der Waals surface area contributed by atoms with Crippen LogP contribution in [0.15, 0.2) is 23.3 Å². The normalized spacial score (nSPS) is 8.72. The van der Waals surface area contributed by atoms with Crippen LogP contribution in [0.2, 0.25) is 0 Å². The molecule has 1 aromatic carbocycles. The zero-order valence-corrected chi connectivity index (χ0v) is 9.75. The highest BCUT2D eigenvalue weighted by atomic mass is 16.5. The number of rotatable bonds is 3. The number of ether oxygens (including phenoxy) is 1. The number of azide groups is 1. The van der Waals surface area contributed by atoms with Crippen LogP contribution in [-0.2, 0) is 4.74 Å². The molecule has 0 fully saturated rings. The van der Waals surface area contributed by atoms with E-state index in [0.29, 0.717) is 12.0 Å². The molecule has 1 aromatic rings. The number of hydrogen-bond donors (Lipinski definition) is 1. The molecule has 0 aliphatic rings. The van der Waals surface area contributed by atoms with E-state index in [1.165, 1.54) is 25.3 Å². The molecular formula is C12H11N3O3. The van der Waals surface area contributed by atoms with Crippen LogP contribution in [0.1, 0.15) is 22.3 Å². The number of benzene rings is 1. The Balaban J connectivity index is 2.79. The molecule has 0 saturated carbocycles. The van der Waals surface area contributed by atoms with E-state index in [4.69, 9.17) is 5.53 Å². The first-order valence-corrected chi connectivity index (χ1v) is 5.10. The number of hydrogen-bond acceptors (Lipinski definition) is 4. The smallest absolute Gasteiger partial charge is 0.337 e. The SMILES string of the molecule is COC(=O)c1ccc(C#CCCN=[N+]=[N-])c(O)c1. The molecule has 0 saturated heterocycles. The highest BCUT2D eigenvalue weighted by Crippen LogP contribution is 2.18. The lowest BCUT2D eigenvalue weighted by atomic mass is 10.1. The fraction of sp³-hybridized carbons (Fsp3) is 0.250. The zero-order valence-electron chi connectivity index (χ0n) is 9.75. The maximum atomic E-state index is 11.2. The van der Waals surface area contributed by atoms with E-state index >= 15 is 0 Å². The third-order valence-corrected chi connectivity index (χ3v) is 2.04. The number of phenols is 1. The van der Waals surface area contributed by atoms with Gasteiger partial charge in [-0.05, 0) is 23.7 Å². The van der Waals surface area contributed by atoms with Gasteiger partial charge < -0.3 is 9.84 Å². The van der Waals surface area contributed by atoms with Crippen molar-refractivity contribution in [2.75, 3.05) is 13.7 Å².